The number of nitrogens with zero attached hydrogens (tertiary/aromatic N) is 1. The highest BCUT2D eigenvalue weighted by Crippen LogP contribution is 2.31. The van der Waals surface area contributed by atoms with Crippen LogP contribution in [0.1, 0.15) is 51.1 Å². The van der Waals surface area contributed by atoms with Crippen LogP contribution in [0.15, 0.2) is 24.3 Å². The van der Waals surface area contributed by atoms with Crippen molar-refractivity contribution in [3.63, 3.8) is 0 Å². The standard InChI is InChI=1S/C15H23NO/c1-12-8-4-3-7-11-16(12)13(2)14-9-5-6-10-15(14)17/h5-6,9-10,12-13,17H,3-4,7-8,11H2,1-2H3. The zero-order chi connectivity index (χ0) is 12.3. The fourth-order valence-electron chi connectivity index (χ4n) is 2.89. The van der Waals surface area contributed by atoms with E-state index in [0.717, 1.165) is 12.1 Å². The van der Waals surface area contributed by atoms with Gasteiger partial charge in [0.2, 0.25) is 0 Å². The van der Waals surface area contributed by atoms with Crippen molar-refractivity contribution in [2.75, 3.05) is 6.54 Å². The van der Waals surface area contributed by atoms with Crippen molar-refractivity contribution in [3.8, 4) is 5.75 Å². The van der Waals surface area contributed by atoms with E-state index < -0.39 is 0 Å². The molecule has 0 radical (unpaired) electrons. The Hall–Kier alpha value is -1.02. The Morgan fingerprint density at radius 2 is 2.00 bits per heavy atom. The molecule has 94 valence electrons. The minimum absolute atomic E-state index is 0.310. The lowest BCUT2D eigenvalue weighted by Crippen LogP contribution is -2.35. The van der Waals surface area contributed by atoms with Gasteiger partial charge in [0.25, 0.3) is 0 Å². The average Bonchev–Trinajstić information content (AvgIpc) is 2.54. The third-order valence-electron chi connectivity index (χ3n) is 3.99. The predicted molar refractivity (Wildman–Crippen MR) is 71.2 cm³/mol. The van der Waals surface area contributed by atoms with Crippen molar-refractivity contribution in [3.05, 3.63) is 29.8 Å². The largest absolute Gasteiger partial charge is 0.508 e. The van der Waals surface area contributed by atoms with Crippen molar-refractivity contribution in [1.82, 2.24) is 4.90 Å². The molecule has 0 spiro atoms. The summed E-state index contributed by atoms with van der Waals surface area (Å²) in [5.74, 6) is 0.427. The van der Waals surface area contributed by atoms with Crippen molar-refractivity contribution in [2.45, 2.75) is 51.6 Å². The van der Waals surface area contributed by atoms with Gasteiger partial charge in [-0.05, 0) is 39.3 Å². The van der Waals surface area contributed by atoms with Gasteiger partial charge in [-0.25, -0.2) is 0 Å². The SMILES string of the molecule is CC1CCCCCN1C(C)c1ccccc1O. The first-order valence-corrected chi connectivity index (χ1v) is 6.74. The van der Waals surface area contributed by atoms with E-state index in [-0.39, 0.29) is 0 Å². The van der Waals surface area contributed by atoms with Crippen LogP contribution < -0.4 is 0 Å². The van der Waals surface area contributed by atoms with E-state index in [1.54, 1.807) is 6.07 Å². The normalized spacial score (nSPS) is 24.2. The van der Waals surface area contributed by atoms with Gasteiger partial charge in [0.1, 0.15) is 5.75 Å². The fourth-order valence-corrected chi connectivity index (χ4v) is 2.89. The lowest BCUT2D eigenvalue weighted by Gasteiger charge is -2.33. The molecular formula is C15H23NO. The molecule has 0 aromatic heterocycles. The molecule has 1 aliphatic rings. The van der Waals surface area contributed by atoms with Crippen LogP contribution in [-0.2, 0) is 0 Å². The molecule has 0 aliphatic carbocycles. The molecule has 2 unspecified atom stereocenters. The summed E-state index contributed by atoms with van der Waals surface area (Å²) in [6.07, 6.45) is 5.24. The number of hydrogen-bond acceptors (Lipinski definition) is 2. The fraction of sp³-hybridized carbons (Fsp3) is 0.600. The Balaban J connectivity index is 2.18. The van der Waals surface area contributed by atoms with Crippen molar-refractivity contribution in [2.24, 2.45) is 0 Å². The number of rotatable bonds is 2. The van der Waals surface area contributed by atoms with E-state index in [0.29, 0.717) is 17.8 Å². The predicted octanol–water partition coefficient (Wildman–Crippen LogP) is 3.72. The Labute approximate surface area is 104 Å². The number of phenolic OH excluding ortho intramolecular Hbond substituents is 1. The van der Waals surface area contributed by atoms with Crippen LogP contribution >= 0.6 is 0 Å². The lowest BCUT2D eigenvalue weighted by molar-refractivity contribution is 0.156. The quantitative estimate of drug-likeness (QED) is 0.841. The van der Waals surface area contributed by atoms with Gasteiger partial charge < -0.3 is 5.11 Å². The van der Waals surface area contributed by atoms with Crippen LogP contribution in [0.5, 0.6) is 5.75 Å². The van der Waals surface area contributed by atoms with Crippen molar-refractivity contribution >= 4 is 0 Å². The highest BCUT2D eigenvalue weighted by atomic mass is 16.3. The monoisotopic (exact) mass is 233 g/mol. The first-order valence-electron chi connectivity index (χ1n) is 6.74. The summed E-state index contributed by atoms with van der Waals surface area (Å²) in [7, 11) is 0. The molecular weight excluding hydrogens is 210 g/mol. The topological polar surface area (TPSA) is 23.5 Å². The highest BCUT2D eigenvalue weighted by Gasteiger charge is 2.24. The van der Waals surface area contributed by atoms with Gasteiger partial charge >= 0.3 is 0 Å². The van der Waals surface area contributed by atoms with Crippen molar-refractivity contribution < 1.29 is 5.11 Å². The summed E-state index contributed by atoms with van der Waals surface area (Å²) in [5.41, 5.74) is 1.06. The summed E-state index contributed by atoms with van der Waals surface area (Å²) >= 11 is 0. The van der Waals surface area contributed by atoms with Crippen LogP contribution in [-0.4, -0.2) is 22.6 Å². The minimum atomic E-state index is 0.310. The Morgan fingerprint density at radius 1 is 1.24 bits per heavy atom. The second-order valence-corrected chi connectivity index (χ2v) is 5.17. The molecule has 0 saturated carbocycles. The third kappa shape index (κ3) is 2.81. The molecule has 1 heterocycles. The number of hydrogen-bond donors (Lipinski definition) is 1. The van der Waals surface area contributed by atoms with Gasteiger partial charge in [-0.2, -0.15) is 0 Å². The van der Waals surface area contributed by atoms with Crippen LogP contribution in [0.2, 0.25) is 0 Å². The Morgan fingerprint density at radius 3 is 2.76 bits per heavy atom. The molecule has 1 N–H and O–H groups in total. The molecule has 2 atom stereocenters. The van der Waals surface area contributed by atoms with Crippen LogP contribution in [0.25, 0.3) is 0 Å². The maximum Gasteiger partial charge on any atom is 0.120 e. The summed E-state index contributed by atoms with van der Waals surface area (Å²) in [6.45, 7) is 5.66. The smallest absolute Gasteiger partial charge is 0.120 e. The summed E-state index contributed by atoms with van der Waals surface area (Å²) in [4.78, 5) is 2.53. The molecule has 1 saturated heterocycles. The molecule has 1 aromatic carbocycles. The van der Waals surface area contributed by atoms with Gasteiger partial charge in [-0.15, -0.1) is 0 Å². The molecule has 2 nitrogen and oxygen atoms in total. The van der Waals surface area contributed by atoms with Crippen LogP contribution in [0.4, 0.5) is 0 Å². The molecule has 2 rings (SSSR count). The minimum Gasteiger partial charge on any atom is -0.508 e. The van der Waals surface area contributed by atoms with Gasteiger partial charge in [0.05, 0.1) is 0 Å². The molecule has 0 bridgehead atoms. The Bertz CT molecular complexity index is 364. The molecule has 1 aliphatic heterocycles. The number of likely N-dealkylation sites (tertiary alicyclic amines) is 1. The summed E-state index contributed by atoms with van der Waals surface area (Å²) in [6, 6.07) is 8.65. The first-order chi connectivity index (χ1) is 8.20. The van der Waals surface area contributed by atoms with Crippen LogP contribution in [0, 0.1) is 0 Å². The van der Waals surface area contributed by atoms with E-state index in [2.05, 4.69) is 18.7 Å². The van der Waals surface area contributed by atoms with Gasteiger partial charge in [0.15, 0.2) is 0 Å². The third-order valence-corrected chi connectivity index (χ3v) is 3.99. The average molecular weight is 233 g/mol. The van der Waals surface area contributed by atoms with Gasteiger partial charge in [-0.1, -0.05) is 31.0 Å². The number of aromatic hydroxyl groups is 1. The Kier molecular flexibility index (Phi) is 4.06. The molecule has 1 fully saturated rings. The van der Waals surface area contributed by atoms with E-state index >= 15 is 0 Å². The van der Waals surface area contributed by atoms with Crippen LogP contribution in [0.3, 0.4) is 0 Å². The number of phenols is 1. The van der Waals surface area contributed by atoms with E-state index in [1.165, 1.54) is 25.7 Å². The second-order valence-electron chi connectivity index (χ2n) is 5.17. The van der Waals surface area contributed by atoms with Gasteiger partial charge in [-0.3, -0.25) is 4.90 Å². The maximum atomic E-state index is 9.94. The first kappa shape index (κ1) is 12.4. The molecule has 1 aromatic rings. The molecule has 17 heavy (non-hydrogen) atoms. The zero-order valence-electron chi connectivity index (χ0n) is 10.9. The van der Waals surface area contributed by atoms with E-state index in [9.17, 15) is 5.11 Å². The van der Waals surface area contributed by atoms with E-state index in [1.807, 2.05) is 18.2 Å². The summed E-state index contributed by atoms with van der Waals surface area (Å²) < 4.78 is 0. The van der Waals surface area contributed by atoms with Crippen molar-refractivity contribution in [1.29, 1.82) is 0 Å². The maximum absolute atomic E-state index is 9.94. The number of benzene rings is 1. The van der Waals surface area contributed by atoms with E-state index in [4.69, 9.17) is 0 Å². The molecule has 2 heteroatoms. The van der Waals surface area contributed by atoms with Gasteiger partial charge in [0, 0.05) is 17.6 Å². The second kappa shape index (κ2) is 5.54. The number of para-hydroxylation sites is 1. The summed E-state index contributed by atoms with van der Waals surface area (Å²) in [5, 5.41) is 9.94. The highest BCUT2D eigenvalue weighted by molar-refractivity contribution is 5.34. The molecule has 0 amide bonds. The zero-order valence-corrected chi connectivity index (χ0v) is 10.9. The lowest BCUT2D eigenvalue weighted by atomic mass is 10.0.